The molecule has 1 unspecified atom stereocenters. The maximum absolute atomic E-state index is 12.1. The van der Waals surface area contributed by atoms with Crippen molar-refractivity contribution in [1.29, 1.82) is 0 Å². The molecule has 0 spiro atoms. The topological polar surface area (TPSA) is 69.2 Å². The summed E-state index contributed by atoms with van der Waals surface area (Å²) in [5.74, 6) is 0.804. The third kappa shape index (κ3) is 6.78. The standard InChI is InChI=1S/C23H33N5O2S/c1-4-24-23(25-16-18-7-9-19(10-8-18)22(29)27(2)3)26-17-20(21-6-5-15-31-21)28-11-13-30-14-12-28/h5-10,15,20H,4,11-14,16-17H2,1-3H3,(H2,24,25,26). The molecule has 0 bridgehead atoms. The number of aliphatic imine (C=N–C) groups is 1. The summed E-state index contributed by atoms with van der Waals surface area (Å²) in [6.07, 6.45) is 0. The molecule has 0 aliphatic carbocycles. The number of thiophene rings is 1. The Morgan fingerprint density at radius 3 is 2.55 bits per heavy atom. The molecule has 1 amide bonds. The molecule has 1 aliphatic heterocycles. The van der Waals surface area contributed by atoms with Crippen LogP contribution in [0.3, 0.4) is 0 Å². The van der Waals surface area contributed by atoms with Crippen molar-refractivity contribution >= 4 is 23.2 Å². The van der Waals surface area contributed by atoms with Crippen LogP contribution in [-0.2, 0) is 11.3 Å². The lowest BCUT2D eigenvalue weighted by molar-refractivity contribution is 0.0177. The zero-order chi connectivity index (χ0) is 22.1. The Morgan fingerprint density at radius 2 is 1.94 bits per heavy atom. The Morgan fingerprint density at radius 1 is 1.19 bits per heavy atom. The normalized spacial score (nSPS) is 16.0. The van der Waals surface area contributed by atoms with Crippen LogP contribution < -0.4 is 10.6 Å². The van der Waals surface area contributed by atoms with Gasteiger partial charge in [0.2, 0.25) is 0 Å². The van der Waals surface area contributed by atoms with Gasteiger partial charge in [-0.1, -0.05) is 18.2 Å². The van der Waals surface area contributed by atoms with E-state index < -0.39 is 0 Å². The van der Waals surface area contributed by atoms with Crippen molar-refractivity contribution in [3.8, 4) is 0 Å². The van der Waals surface area contributed by atoms with E-state index in [1.807, 2.05) is 24.3 Å². The van der Waals surface area contributed by atoms with Crippen LogP contribution in [0.25, 0.3) is 0 Å². The number of carbonyl (C=O) groups excluding carboxylic acids is 1. The highest BCUT2D eigenvalue weighted by Crippen LogP contribution is 2.25. The molecule has 31 heavy (non-hydrogen) atoms. The first-order chi connectivity index (χ1) is 15.1. The molecule has 2 N–H and O–H groups in total. The van der Waals surface area contributed by atoms with Gasteiger partial charge in [-0.2, -0.15) is 0 Å². The quantitative estimate of drug-likeness (QED) is 0.485. The molecule has 168 valence electrons. The monoisotopic (exact) mass is 443 g/mol. The van der Waals surface area contributed by atoms with Gasteiger partial charge >= 0.3 is 0 Å². The SMILES string of the molecule is CCNC(=NCc1ccc(C(=O)N(C)C)cc1)NCC(c1cccs1)N1CCOCC1. The number of benzene rings is 1. The second-order valence-corrected chi connectivity index (χ2v) is 8.63. The molecule has 2 heterocycles. The fourth-order valence-corrected chi connectivity index (χ4v) is 4.36. The molecular formula is C23H33N5O2S. The molecule has 8 heteroatoms. The second kappa shape index (κ2) is 11.8. The van der Waals surface area contributed by atoms with Gasteiger partial charge in [0.25, 0.3) is 5.91 Å². The predicted octanol–water partition coefficient (Wildman–Crippen LogP) is 2.58. The molecule has 1 aliphatic rings. The smallest absolute Gasteiger partial charge is 0.253 e. The Balaban J connectivity index is 1.63. The maximum Gasteiger partial charge on any atom is 0.253 e. The average Bonchev–Trinajstić information content (AvgIpc) is 3.32. The summed E-state index contributed by atoms with van der Waals surface area (Å²) in [5.41, 5.74) is 1.75. The molecule has 1 fully saturated rings. The van der Waals surface area contributed by atoms with Gasteiger partial charge in [-0.15, -0.1) is 11.3 Å². The van der Waals surface area contributed by atoms with Crippen LogP contribution in [0, 0.1) is 0 Å². The van der Waals surface area contributed by atoms with Gasteiger partial charge in [0.15, 0.2) is 5.96 Å². The summed E-state index contributed by atoms with van der Waals surface area (Å²) in [7, 11) is 3.52. The summed E-state index contributed by atoms with van der Waals surface area (Å²) in [6, 6.07) is 12.3. The third-order valence-corrected chi connectivity index (χ3v) is 6.17. The number of carbonyl (C=O) groups is 1. The van der Waals surface area contributed by atoms with Crippen molar-refractivity contribution in [3.05, 3.63) is 57.8 Å². The Hall–Kier alpha value is -2.42. The number of guanidine groups is 1. The van der Waals surface area contributed by atoms with Crippen LogP contribution in [-0.4, -0.2) is 75.2 Å². The van der Waals surface area contributed by atoms with Gasteiger partial charge in [-0.25, -0.2) is 4.99 Å². The lowest BCUT2D eigenvalue weighted by Crippen LogP contribution is -2.46. The van der Waals surface area contributed by atoms with Crippen molar-refractivity contribution < 1.29 is 9.53 Å². The first-order valence-corrected chi connectivity index (χ1v) is 11.6. The highest BCUT2D eigenvalue weighted by atomic mass is 32.1. The van der Waals surface area contributed by atoms with Crippen molar-refractivity contribution in [3.63, 3.8) is 0 Å². The number of ether oxygens (including phenoxy) is 1. The minimum atomic E-state index is 0.00721. The highest BCUT2D eigenvalue weighted by Gasteiger charge is 2.23. The van der Waals surface area contributed by atoms with E-state index in [-0.39, 0.29) is 5.91 Å². The summed E-state index contributed by atoms with van der Waals surface area (Å²) in [4.78, 5) is 22.2. The van der Waals surface area contributed by atoms with Gasteiger partial charge in [-0.05, 0) is 36.1 Å². The van der Waals surface area contributed by atoms with E-state index in [0.29, 0.717) is 18.2 Å². The molecule has 2 aromatic rings. The Bertz CT molecular complexity index is 830. The minimum absolute atomic E-state index is 0.00721. The summed E-state index contributed by atoms with van der Waals surface area (Å²) in [5, 5.41) is 8.99. The summed E-state index contributed by atoms with van der Waals surface area (Å²) < 4.78 is 5.54. The fraction of sp³-hybridized carbons (Fsp3) is 0.478. The van der Waals surface area contributed by atoms with E-state index >= 15 is 0 Å². The number of nitrogens with zero attached hydrogens (tertiary/aromatic N) is 3. The number of hydrogen-bond acceptors (Lipinski definition) is 5. The predicted molar refractivity (Wildman–Crippen MR) is 127 cm³/mol. The zero-order valence-electron chi connectivity index (χ0n) is 18.6. The van der Waals surface area contributed by atoms with Gasteiger partial charge < -0.3 is 20.3 Å². The molecule has 1 aromatic carbocycles. The van der Waals surface area contributed by atoms with Crippen molar-refractivity contribution in [2.75, 3.05) is 53.5 Å². The number of nitrogens with one attached hydrogen (secondary N) is 2. The second-order valence-electron chi connectivity index (χ2n) is 7.65. The van der Waals surface area contributed by atoms with E-state index in [2.05, 4.69) is 40.0 Å². The average molecular weight is 444 g/mol. The van der Waals surface area contributed by atoms with Crippen molar-refractivity contribution in [2.24, 2.45) is 4.99 Å². The Kier molecular flexibility index (Phi) is 8.87. The molecular weight excluding hydrogens is 410 g/mol. The number of hydrogen-bond donors (Lipinski definition) is 2. The summed E-state index contributed by atoms with van der Waals surface area (Å²) >= 11 is 1.79. The van der Waals surface area contributed by atoms with Crippen LogP contribution in [0.1, 0.15) is 33.8 Å². The third-order valence-electron chi connectivity index (χ3n) is 5.19. The van der Waals surface area contributed by atoms with E-state index in [9.17, 15) is 4.79 Å². The summed E-state index contributed by atoms with van der Waals surface area (Å²) in [6.45, 7) is 7.63. The molecule has 0 saturated carbocycles. The van der Waals surface area contributed by atoms with E-state index in [0.717, 1.165) is 50.9 Å². The minimum Gasteiger partial charge on any atom is -0.379 e. The molecule has 1 saturated heterocycles. The lowest BCUT2D eigenvalue weighted by atomic mass is 10.1. The van der Waals surface area contributed by atoms with Gasteiger partial charge in [-0.3, -0.25) is 9.69 Å². The maximum atomic E-state index is 12.1. The molecule has 7 nitrogen and oxygen atoms in total. The van der Waals surface area contributed by atoms with Crippen molar-refractivity contribution in [2.45, 2.75) is 19.5 Å². The molecule has 3 rings (SSSR count). The number of rotatable bonds is 8. The van der Waals surface area contributed by atoms with Crippen LogP contribution in [0.2, 0.25) is 0 Å². The van der Waals surface area contributed by atoms with Gasteiger partial charge in [0.05, 0.1) is 25.8 Å². The molecule has 1 atom stereocenters. The zero-order valence-corrected chi connectivity index (χ0v) is 19.5. The first-order valence-electron chi connectivity index (χ1n) is 10.8. The van der Waals surface area contributed by atoms with Gasteiger partial charge in [0.1, 0.15) is 0 Å². The van der Waals surface area contributed by atoms with Crippen LogP contribution >= 0.6 is 11.3 Å². The van der Waals surface area contributed by atoms with E-state index in [1.165, 1.54) is 4.88 Å². The number of morpholine rings is 1. The van der Waals surface area contributed by atoms with Crippen molar-refractivity contribution in [1.82, 2.24) is 20.4 Å². The van der Waals surface area contributed by atoms with Gasteiger partial charge in [0, 0.05) is 50.7 Å². The van der Waals surface area contributed by atoms with Crippen LogP contribution in [0.5, 0.6) is 0 Å². The first kappa shape index (κ1) is 23.2. The van der Waals surface area contributed by atoms with E-state index in [4.69, 9.17) is 9.73 Å². The molecule has 0 radical (unpaired) electrons. The lowest BCUT2D eigenvalue weighted by Gasteiger charge is -2.34. The largest absolute Gasteiger partial charge is 0.379 e. The van der Waals surface area contributed by atoms with E-state index in [1.54, 1.807) is 30.3 Å². The highest BCUT2D eigenvalue weighted by molar-refractivity contribution is 7.10. The van der Waals surface area contributed by atoms with Crippen LogP contribution in [0.4, 0.5) is 0 Å². The number of amides is 1. The Labute approximate surface area is 189 Å². The molecule has 1 aromatic heterocycles. The van der Waals surface area contributed by atoms with Crippen LogP contribution in [0.15, 0.2) is 46.8 Å². The fourth-order valence-electron chi connectivity index (χ4n) is 3.50.